The van der Waals surface area contributed by atoms with E-state index in [9.17, 15) is 10.1 Å². The third-order valence-electron chi connectivity index (χ3n) is 4.36. The lowest BCUT2D eigenvalue weighted by Gasteiger charge is -2.34. The van der Waals surface area contributed by atoms with Gasteiger partial charge in [-0.25, -0.2) is 0 Å². The largest absolute Gasteiger partial charge is 0.354 e. The third kappa shape index (κ3) is 7.45. The van der Waals surface area contributed by atoms with E-state index in [-0.39, 0.29) is 34.6 Å². The Balaban J connectivity index is 0.00000338. The van der Waals surface area contributed by atoms with Gasteiger partial charge in [-0.3, -0.25) is 15.1 Å². The van der Waals surface area contributed by atoms with Crippen molar-refractivity contribution < 1.29 is 4.92 Å². The standard InChI is InChI=1S/C18H29N5O2.HI/c1-14(2)13-22-9-7-16(8-10-22)21-18(19-3)20-12-15-5-4-6-17(11-15)23(24)25;/h4-6,11,14,16H,7-10,12-13H2,1-3H3,(H2,19,20,21);1H. The lowest BCUT2D eigenvalue weighted by molar-refractivity contribution is -0.384. The van der Waals surface area contributed by atoms with E-state index in [0.29, 0.717) is 18.5 Å². The number of halogens is 1. The molecule has 1 saturated heterocycles. The molecule has 1 aromatic carbocycles. The summed E-state index contributed by atoms with van der Waals surface area (Å²) in [6, 6.07) is 7.08. The number of aliphatic imine (C=N–C) groups is 1. The highest BCUT2D eigenvalue weighted by Crippen LogP contribution is 2.14. The van der Waals surface area contributed by atoms with Crippen molar-refractivity contribution in [2.24, 2.45) is 10.9 Å². The molecule has 0 unspecified atom stereocenters. The maximum atomic E-state index is 10.8. The van der Waals surface area contributed by atoms with Gasteiger partial charge in [0.1, 0.15) is 0 Å². The number of hydrogen-bond donors (Lipinski definition) is 2. The summed E-state index contributed by atoms with van der Waals surface area (Å²) in [4.78, 5) is 17.3. The van der Waals surface area contributed by atoms with Crippen LogP contribution < -0.4 is 10.6 Å². The average Bonchev–Trinajstić information content (AvgIpc) is 2.59. The molecule has 0 aliphatic carbocycles. The van der Waals surface area contributed by atoms with Gasteiger partial charge in [-0.05, 0) is 24.3 Å². The molecule has 0 amide bonds. The highest BCUT2D eigenvalue weighted by atomic mass is 127. The zero-order valence-electron chi connectivity index (χ0n) is 15.8. The van der Waals surface area contributed by atoms with Crippen molar-refractivity contribution in [2.75, 3.05) is 26.7 Å². The summed E-state index contributed by atoms with van der Waals surface area (Å²) in [6.07, 6.45) is 2.20. The molecule has 26 heavy (non-hydrogen) atoms. The molecular formula is C18H30IN5O2. The second-order valence-corrected chi connectivity index (χ2v) is 6.97. The van der Waals surface area contributed by atoms with Gasteiger partial charge < -0.3 is 15.5 Å². The Bertz CT molecular complexity index is 601. The van der Waals surface area contributed by atoms with Gasteiger partial charge >= 0.3 is 0 Å². The molecule has 146 valence electrons. The zero-order valence-corrected chi connectivity index (χ0v) is 18.1. The molecule has 7 nitrogen and oxygen atoms in total. The van der Waals surface area contributed by atoms with Crippen LogP contribution in [-0.4, -0.2) is 48.5 Å². The van der Waals surface area contributed by atoms with Crippen molar-refractivity contribution in [1.82, 2.24) is 15.5 Å². The third-order valence-corrected chi connectivity index (χ3v) is 4.36. The number of benzene rings is 1. The number of rotatable bonds is 6. The van der Waals surface area contributed by atoms with Gasteiger partial charge in [-0.15, -0.1) is 24.0 Å². The number of likely N-dealkylation sites (tertiary alicyclic amines) is 1. The molecule has 0 atom stereocenters. The molecule has 1 aliphatic heterocycles. The van der Waals surface area contributed by atoms with Gasteiger partial charge in [0.25, 0.3) is 5.69 Å². The average molecular weight is 475 g/mol. The molecule has 1 heterocycles. The van der Waals surface area contributed by atoms with Crippen LogP contribution in [0.3, 0.4) is 0 Å². The fourth-order valence-electron chi connectivity index (χ4n) is 3.13. The van der Waals surface area contributed by atoms with Crippen LogP contribution in [0.4, 0.5) is 5.69 Å². The van der Waals surface area contributed by atoms with Crippen LogP contribution in [0.15, 0.2) is 29.3 Å². The summed E-state index contributed by atoms with van der Waals surface area (Å²) in [5, 5.41) is 17.6. The molecule has 1 aromatic rings. The van der Waals surface area contributed by atoms with E-state index in [1.165, 1.54) is 6.07 Å². The molecular weight excluding hydrogens is 445 g/mol. The maximum absolute atomic E-state index is 10.8. The maximum Gasteiger partial charge on any atom is 0.269 e. The SMILES string of the molecule is CN=C(NCc1cccc([N+](=O)[O-])c1)NC1CCN(CC(C)C)CC1.I. The van der Waals surface area contributed by atoms with Gasteiger partial charge in [0.05, 0.1) is 4.92 Å². The van der Waals surface area contributed by atoms with Crippen molar-refractivity contribution >= 4 is 35.6 Å². The van der Waals surface area contributed by atoms with E-state index in [2.05, 4.69) is 34.4 Å². The predicted molar refractivity (Wildman–Crippen MR) is 116 cm³/mol. The van der Waals surface area contributed by atoms with Crippen molar-refractivity contribution in [1.29, 1.82) is 0 Å². The first kappa shape index (κ1) is 22.6. The summed E-state index contributed by atoms with van der Waals surface area (Å²) in [6.45, 7) is 8.39. The van der Waals surface area contributed by atoms with Crippen LogP contribution in [0.2, 0.25) is 0 Å². The molecule has 0 saturated carbocycles. The van der Waals surface area contributed by atoms with Gasteiger partial charge in [-0.2, -0.15) is 0 Å². The smallest absolute Gasteiger partial charge is 0.269 e. The molecule has 1 fully saturated rings. The van der Waals surface area contributed by atoms with Gasteiger partial charge in [0.15, 0.2) is 5.96 Å². The monoisotopic (exact) mass is 475 g/mol. The summed E-state index contributed by atoms with van der Waals surface area (Å²) in [7, 11) is 1.75. The Morgan fingerprint density at radius 2 is 2.08 bits per heavy atom. The van der Waals surface area contributed by atoms with E-state index in [1.54, 1.807) is 19.2 Å². The molecule has 8 heteroatoms. The second-order valence-electron chi connectivity index (χ2n) is 6.97. The van der Waals surface area contributed by atoms with Crippen LogP contribution in [0.25, 0.3) is 0 Å². The quantitative estimate of drug-likeness (QED) is 0.217. The Labute approximate surface area is 172 Å². The summed E-state index contributed by atoms with van der Waals surface area (Å²) in [5.41, 5.74) is 0.976. The van der Waals surface area contributed by atoms with E-state index in [0.717, 1.165) is 44.0 Å². The molecule has 0 aromatic heterocycles. The summed E-state index contributed by atoms with van der Waals surface area (Å²) >= 11 is 0. The molecule has 2 N–H and O–H groups in total. The zero-order chi connectivity index (χ0) is 18.2. The van der Waals surface area contributed by atoms with Gasteiger partial charge in [-0.1, -0.05) is 26.0 Å². The minimum Gasteiger partial charge on any atom is -0.354 e. The van der Waals surface area contributed by atoms with Crippen molar-refractivity contribution in [3.63, 3.8) is 0 Å². The Morgan fingerprint density at radius 3 is 2.65 bits per heavy atom. The number of hydrogen-bond acceptors (Lipinski definition) is 4. The van der Waals surface area contributed by atoms with Crippen LogP contribution in [-0.2, 0) is 6.54 Å². The Hall–Kier alpha value is -1.42. The highest BCUT2D eigenvalue weighted by Gasteiger charge is 2.20. The topological polar surface area (TPSA) is 82.8 Å². The molecule has 2 rings (SSSR count). The van der Waals surface area contributed by atoms with E-state index in [4.69, 9.17) is 0 Å². The van der Waals surface area contributed by atoms with Crippen LogP contribution in [0, 0.1) is 16.0 Å². The first-order chi connectivity index (χ1) is 12.0. The molecule has 1 aliphatic rings. The minimum absolute atomic E-state index is 0. The number of nitro groups is 1. The van der Waals surface area contributed by atoms with Crippen LogP contribution >= 0.6 is 24.0 Å². The molecule has 0 bridgehead atoms. The van der Waals surface area contributed by atoms with Crippen molar-refractivity contribution in [3.8, 4) is 0 Å². The number of non-ortho nitro benzene ring substituents is 1. The number of nitro benzene ring substituents is 1. The van der Waals surface area contributed by atoms with Gasteiger partial charge in [0.2, 0.25) is 0 Å². The van der Waals surface area contributed by atoms with Crippen LogP contribution in [0.5, 0.6) is 0 Å². The number of nitrogens with zero attached hydrogens (tertiary/aromatic N) is 3. The van der Waals surface area contributed by atoms with Gasteiger partial charge in [0, 0.05) is 51.4 Å². The first-order valence-electron chi connectivity index (χ1n) is 8.90. The fourth-order valence-corrected chi connectivity index (χ4v) is 3.13. The predicted octanol–water partition coefficient (Wildman–Crippen LogP) is 3.00. The van der Waals surface area contributed by atoms with Crippen molar-refractivity contribution in [2.45, 2.75) is 39.3 Å². The van der Waals surface area contributed by atoms with Crippen LogP contribution in [0.1, 0.15) is 32.3 Å². The Morgan fingerprint density at radius 1 is 1.38 bits per heavy atom. The number of piperidine rings is 1. The second kappa shape index (κ2) is 11.3. The normalized spacial score (nSPS) is 16.2. The lowest BCUT2D eigenvalue weighted by atomic mass is 10.0. The lowest BCUT2D eigenvalue weighted by Crippen LogP contribution is -2.48. The number of nitrogens with one attached hydrogen (secondary N) is 2. The summed E-state index contributed by atoms with van der Waals surface area (Å²) < 4.78 is 0. The van der Waals surface area contributed by atoms with E-state index >= 15 is 0 Å². The van der Waals surface area contributed by atoms with Crippen molar-refractivity contribution in [3.05, 3.63) is 39.9 Å². The van der Waals surface area contributed by atoms with E-state index in [1.807, 2.05) is 6.07 Å². The molecule has 0 radical (unpaired) electrons. The first-order valence-corrected chi connectivity index (χ1v) is 8.90. The Kier molecular flexibility index (Phi) is 9.85. The fraction of sp³-hybridized carbons (Fsp3) is 0.611. The van der Waals surface area contributed by atoms with E-state index < -0.39 is 0 Å². The highest BCUT2D eigenvalue weighted by molar-refractivity contribution is 14.0. The summed E-state index contributed by atoms with van der Waals surface area (Å²) in [5.74, 6) is 1.45. The molecule has 0 spiro atoms. The minimum atomic E-state index is -0.374. The number of guanidine groups is 1.